The second kappa shape index (κ2) is 5.82. The molecule has 19 heavy (non-hydrogen) atoms. The number of aromatic nitrogens is 1. The van der Waals surface area contributed by atoms with Crippen LogP contribution in [0, 0.1) is 0 Å². The lowest BCUT2D eigenvalue weighted by molar-refractivity contribution is -0.131. The molecule has 0 saturated carbocycles. The molecule has 0 amide bonds. The number of nitrogens with zero attached hydrogens (tertiary/aromatic N) is 1. The van der Waals surface area contributed by atoms with Crippen molar-refractivity contribution in [3.05, 3.63) is 54.6 Å². The van der Waals surface area contributed by atoms with E-state index in [2.05, 4.69) is 11.6 Å². The standard InChI is InChI=1S/C15H13NO3/c1-2-9-19-15-12(7-8-14(17)18)10-11-5-3-4-6-13(11)16-15/h2-8,10H,1,9H2,(H,17,18). The first-order chi connectivity index (χ1) is 9.20. The van der Waals surface area contributed by atoms with Gasteiger partial charge in [-0.3, -0.25) is 0 Å². The topological polar surface area (TPSA) is 59.4 Å². The molecule has 0 saturated heterocycles. The molecule has 0 atom stereocenters. The predicted molar refractivity (Wildman–Crippen MR) is 74.1 cm³/mol. The Hall–Kier alpha value is -2.62. The van der Waals surface area contributed by atoms with Crippen LogP contribution in [0.3, 0.4) is 0 Å². The Kier molecular flexibility index (Phi) is 3.93. The Morgan fingerprint density at radius 1 is 1.42 bits per heavy atom. The number of ether oxygens (including phenoxy) is 1. The molecule has 0 unspecified atom stereocenters. The molecule has 0 radical (unpaired) electrons. The smallest absolute Gasteiger partial charge is 0.328 e. The molecule has 2 aromatic rings. The number of benzene rings is 1. The Bertz CT molecular complexity index is 647. The normalized spacial score (nSPS) is 10.7. The summed E-state index contributed by atoms with van der Waals surface area (Å²) in [6.07, 6.45) is 4.15. The van der Waals surface area contributed by atoms with Gasteiger partial charge in [0.1, 0.15) is 6.61 Å². The molecule has 0 fully saturated rings. The van der Waals surface area contributed by atoms with E-state index < -0.39 is 5.97 Å². The van der Waals surface area contributed by atoms with Gasteiger partial charge in [0.05, 0.1) is 5.52 Å². The Labute approximate surface area is 110 Å². The molecule has 0 aliphatic carbocycles. The minimum Gasteiger partial charge on any atom is -0.478 e. The van der Waals surface area contributed by atoms with Gasteiger partial charge in [0.15, 0.2) is 0 Å². The van der Waals surface area contributed by atoms with Crippen LogP contribution in [0.25, 0.3) is 17.0 Å². The number of rotatable bonds is 5. The van der Waals surface area contributed by atoms with Crippen LogP contribution >= 0.6 is 0 Å². The second-order valence-electron chi connectivity index (χ2n) is 3.85. The number of fused-ring (bicyclic) bond motifs is 1. The van der Waals surface area contributed by atoms with Crippen molar-refractivity contribution in [3.8, 4) is 5.88 Å². The van der Waals surface area contributed by atoms with E-state index in [4.69, 9.17) is 9.84 Å². The number of pyridine rings is 1. The van der Waals surface area contributed by atoms with Crippen molar-refractivity contribution in [1.29, 1.82) is 0 Å². The summed E-state index contributed by atoms with van der Waals surface area (Å²) in [4.78, 5) is 15.0. The number of carboxylic acid groups (broad SMARTS) is 1. The van der Waals surface area contributed by atoms with Crippen molar-refractivity contribution in [3.63, 3.8) is 0 Å². The van der Waals surface area contributed by atoms with E-state index in [0.29, 0.717) is 18.1 Å². The summed E-state index contributed by atoms with van der Waals surface area (Å²) in [6.45, 7) is 3.90. The fourth-order valence-electron chi connectivity index (χ4n) is 1.65. The van der Waals surface area contributed by atoms with Gasteiger partial charge in [0.2, 0.25) is 5.88 Å². The SMILES string of the molecule is C=CCOc1nc2ccccc2cc1C=CC(=O)O. The van der Waals surface area contributed by atoms with Crippen molar-refractivity contribution in [2.45, 2.75) is 0 Å². The van der Waals surface area contributed by atoms with E-state index in [1.54, 1.807) is 6.08 Å². The molecule has 96 valence electrons. The summed E-state index contributed by atoms with van der Waals surface area (Å²) in [5, 5.41) is 9.62. The first-order valence-corrected chi connectivity index (χ1v) is 5.75. The molecule has 4 nitrogen and oxygen atoms in total. The van der Waals surface area contributed by atoms with Gasteiger partial charge < -0.3 is 9.84 Å². The third kappa shape index (κ3) is 3.19. The van der Waals surface area contributed by atoms with Gasteiger partial charge in [0.25, 0.3) is 0 Å². The molecule has 2 rings (SSSR count). The Morgan fingerprint density at radius 3 is 2.95 bits per heavy atom. The van der Waals surface area contributed by atoms with E-state index in [1.807, 2.05) is 30.3 Å². The van der Waals surface area contributed by atoms with Crippen molar-refractivity contribution in [2.75, 3.05) is 6.61 Å². The van der Waals surface area contributed by atoms with Crippen LogP contribution in [-0.2, 0) is 4.79 Å². The summed E-state index contributed by atoms with van der Waals surface area (Å²) in [5.41, 5.74) is 1.43. The zero-order chi connectivity index (χ0) is 13.7. The summed E-state index contributed by atoms with van der Waals surface area (Å²) >= 11 is 0. The van der Waals surface area contributed by atoms with Crippen molar-refractivity contribution < 1.29 is 14.6 Å². The predicted octanol–water partition coefficient (Wildman–Crippen LogP) is 2.90. The minimum absolute atomic E-state index is 0.319. The van der Waals surface area contributed by atoms with E-state index in [-0.39, 0.29) is 0 Å². The van der Waals surface area contributed by atoms with Gasteiger partial charge in [0, 0.05) is 17.0 Å². The van der Waals surface area contributed by atoms with Gasteiger partial charge in [-0.2, -0.15) is 0 Å². The maximum Gasteiger partial charge on any atom is 0.328 e. The molecule has 0 bridgehead atoms. The number of carbonyl (C=O) groups is 1. The zero-order valence-corrected chi connectivity index (χ0v) is 10.2. The zero-order valence-electron chi connectivity index (χ0n) is 10.2. The summed E-state index contributed by atoms with van der Waals surface area (Å²) < 4.78 is 5.45. The first-order valence-electron chi connectivity index (χ1n) is 5.75. The maximum atomic E-state index is 10.6. The number of carboxylic acids is 1. The lowest BCUT2D eigenvalue weighted by Gasteiger charge is -2.08. The number of hydrogen-bond donors (Lipinski definition) is 1. The van der Waals surface area contributed by atoms with E-state index in [1.165, 1.54) is 6.08 Å². The fourth-order valence-corrected chi connectivity index (χ4v) is 1.65. The highest BCUT2D eigenvalue weighted by Gasteiger charge is 2.05. The fraction of sp³-hybridized carbons (Fsp3) is 0.0667. The monoisotopic (exact) mass is 255 g/mol. The highest BCUT2D eigenvalue weighted by atomic mass is 16.5. The van der Waals surface area contributed by atoms with Gasteiger partial charge >= 0.3 is 5.97 Å². The average Bonchev–Trinajstić information content (AvgIpc) is 2.42. The van der Waals surface area contributed by atoms with E-state index in [0.717, 1.165) is 17.0 Å². The molecule has 4 heteroatoms. The third-order valence-electron chi connectivity index (χ3n) is 2.46. The lowest BCUT2D eigenvalue weighted by Crippen LogP contribution is -1.98. The molecule has 1 heterocycles. The largest absolute Gasteiger partial charge is 0.478 e. The molecule has 1 aromatic heterocycles. The van der Waals surface area contributed by atoms with Crippen LogP contribution in [0.1, 0.15) is 5.56 Å². The molecule has 0 aliphatic rings. The van der Waals surface area contributed by atoms with Crippen LogP contribution in [0.2, 0.25) is 0 Å². The second-order valence-corrected chi connectivity index (χ2v) is 3.85. The van der Waals surface area contributed by atoms with Gasteiger partial charge in [-0.15, -0.1) is 0 Å². The molecule has 1 aromatic carbocycles. The molecular weight excluding hydrogens is 242 g/mol. The van der Waals surface area contributed by atoms with Gasteiger partial charge in [-0.05, 0) is 18.2 Å². The Morgan fingerprint density at radius 2 is 2.21 bits per heavy atom. The maximum absolute atomic E-state index is 10.6. The van der Waals surface area contributed by atoms with Crippen LogP contribution in [0.15, 0.2) is 49.1 Å². The van der Waals surface area contributed by atoms with Crippen LogP contribution in [-0.4, -0.2) is 22.7 Å². The highest BCUT2D eigenvalue weighted by molar-refractivity contribution is 5.88. The van der Waals surface area contributed by atoms with Crippen LogP contribution < -0.4 is 4.74 Å². The summed E-state index contributed by atoms with van der Waals surface area (Å²) in [7, 11) is 0. The van der Waals surface area contributed by atoms with Crippen molar-refractivity contribution in [1.82, 2.24) is 4.98 Å². The first kappa shape index (κ1) is 12.8. The molecular formula is C15H13NO3. The third-order valence-corrected chi connectivity index (χ3v) is 2.46. The Balaban J connectivity index is 2.49. The highest BCUT2D eigenvalue weighted by Crippen LogP contribution is 2.23. The number of hydrogen-bond acceptors (Lipinski definition) is 3. The van der Waals surface area contributed by atoms with E-state index >= 15 is 0 Å². The van der Waals surface area contributed by atoms with Crippen molar-refractivity contribution >= 4 is 22.9 Å². The summed E-state index contributed by atoms with van der Waals surface area (Å²) in [6, 6.07) is 9.43. The van der Waals surface area contributed by atoms with Crippen LogP contribution in [0.4, 0.5) is 0 Å². The minimum atomic E-state index is -1.01. The van der Waals surface area contributed by atoms with Crippen molar-refractivity contribution in [2.24, 2.45) is 0 Å². The quantitative estimate of drug-likeness (QED) is 0.659. The van der Waals surface area contributed by atoms with Crippen LogP contribution in [0.5, 0.6) is 5.88 Å². The van der Waals surface area contributed by atoms with Gasteiger partial charge in [-0.25, -0.2) is 9.78 Å². The summed E-state index contributed by atoms with van der Waals surface area (Å²) in [5.74, 6) is -0.612. The number of aliphatic carboxylic acids is 1. The molecule has 0 aliphatic heterocycles. The van der Waals surface area contributed by atoms with Gasteiger partial charge in [-0.1, -0.05) is 30.9 Å². The lowest BCUT2D eigenvalue weighted by atomic mass is 10.1. The average molecular weight is 255 g/mol. The number of para-hydroxylation sites is 1. The molecule has 0 spiro atoms. The van der Waals surface area contributed by atoms with E-state index in [9.17, 15) is 4.79 Å². The molecule has 1 N–H and O–H groups in total.